The van der Waals surface area contributed by atoms with E-state index in [1.165, 1.54) is 6.92 Å². The molecule has 4 nitrogen and oxygen atoms in total. The summed E-state index contributed by atoms with van der Waals surface area (Å²) in [4.78, 5) is 9.80. The summed E-state index contributed by atoms with van der Waals surface area (Å²) in [5.41, 5.74) is -0.0330. The van der Waals surface area contributed by atoms with Gasteiger partial charge in [-0.3, -0.25) is 0 Å². The number of nitrogens with one attached hydrogen (secondary N) is 1. The van der Waals surface area contributed by atoms with Crippen molar-refractivity contribution in [3.63, 3.8) is 0 Å². The van der Waals surface area contributed by atoms with Crippen molar-refractivity contribution in [3.8, 4) is 0 Å². The molecule has 3 N–H and O–H groups in total. The van der Waals surface area contributed by atoms with Gasteiger partial charge in [0.2, 0.25) is 0 Å². The molecule has 4 heteroatoms. The number of carbonyl (C=O) groups is 1. The van der Waals surface area contributed by atoms with E-state index in [4.69, 9.17) is 15.6 Å². The maximum absolute atomic E-state index is 9.80. The Morgan fingerprint density at radius 2 is 2.20 bits per heavy atom. The normalized spacial score (nSPS) is 15.9. The number of aliphatic hydroxyl groups excluding tert-OH is 2. The van der Waals surface area contributed by atoms with E-state index in [1.807, 2.05) is 0 Å². The van der Waals surface area contributed by atoms with Gasteiger partial charge in [0.25, 0.3) is 0 Å². The maximum Gasteiger partial charge on any atom is 0.122 e. The summed E-state index contributed by atoms with van der Waals surface area (Å²) in [6, 6.07) is 0. The predicted octanol–water partition coefficient (Wildman–Crippen LogP) is -0.663. The molecule has 0 radical (unpaired) electrons. The second-order valence-electron chi connectivity index (χ2n) is 2.10. The molecule has 0 fully saturated rings. The van der Waals surface area contributed by atoms with Gasteiger partial charge < -0.3 is 20.4 Å². The van der Waals surface area contributed by atoms with E-state index in [0.717, 1.165) is 0 Å². The Bertz CT molecular complexity index is 135. The molecular formula is C6H11NO3. The molecule has 0 spiro atoms. The fourth-order valence-corrected chi connectivity index (χ4v) is 0.516. The SMILES string of the molecule is CC(=N)[C@@H](O)[C@@H](O)CC=O. The van der Waals surface area contributed by atoms with Gasteiger partial charge in [-0.25, -0.2) is 0 Å². The third-order valence-corrected chi connectivity index (χ3v) is 1.15. The fraction of sp³-hybridized carbons (Fsp3) is 0.667. The zero-order valence-electron chi connectivity index (χ0n) is 5.74. The molecule has 0 saturated carbocycles. The average molecular weight is 145 g/mol. The molecule has 0 aliphatic heterocycles. The summed E-state index contributed by atoms with van der Waals surface area (Å²) in [6.45, 7) is 1.37. The average Bonchev–Trinajstić information content (AvgIpc) is 1.87. The number of carbonyl (C=O) groups excluding carboxylic acids is 1. The molecule has 0 saturated heterocycles. The quantitative estimate of drug-likeness (QED) is 0.362. The van der Waals surface area contributed by atoms with Crippen molar-refractivity contribution in [1.82, 2.24) is 0 Å². The van der Waals surface area contributed by atoms with Crippen molar-refractivity contribution >= 4 is 12.0 Å². The monoisotopic (exact) mass is 145 g/mol. The second kappa shape index (κ2) is 4.14. The Labute approximate surface area is 59.0 Å². The van der Waals surface area contributed by atoms with Gasteiger partial charge in [0.1, 0.15) is 12.4 Å². The Balaban J connectivity index is 3.80. The summed E-state index contributed by atoms with van der Waals surface area (Å²) in [5.74, 6) is 0. The molecule has 2 atom stereocenters. The van der Waals surface area contributed by atoms with Crippen LogP contribution >= 0.6 is 0 Å². The first-order valence-corrected chi connectivity index (χ1v) is 2.94. The van der Waals surface area contributed by atoms with Gasteiger partial charge in [-0.2, -0.15) is 0 Å². The first-order valence-electron chi connectivity index (χ1n) is 2.94. The van der Waals surface area contributed by atoms with Crippen LogP contribution in [0.25, 0.3) is 0 Å². The molecule has 0 aliphatic carbocycles. The van der Waals surface area contributed by atoms with Crippen LogP contribution in [0.1, 0.15) is 13.3 Å². The highest BCUT2D eigenvalue weighted by molar-refractivity contribution is 5.83. The smallest absolute Gasteiger partial charge is 0.122 e. The first-order chi connectivity index (χ1) is 4.59. The van der Waals surface area contributed by atoms with Crippen molar-refractivity contribution in [2.24, 2.45) is 0 Å². The van der Waals surface area contributed by atoms with Gasteiger partial charge >= 0.3 is 0 Å². The van der Waals surface area contributed by atoms with E-state index in [-0.39, 0.29) is 12.1 Å². The molecular weight excluding hydrogens is 134 g/mol. The highest BCUT2D eigenvalue weighted by Gasteiger charge is 2.16. The van der Waals surface area contributed by atoms with Crippen molar-refractivity contribution in [2.75, 3.05) is 0 Å². The summed E-state index contributed by atoms with van der Waals surface area (Å²) in [5, 5.41) is 24.6. The standard InChI is InChI=1S/C6H11NO3/c1-4(7)6(10)5(9)2-3-8/h3,5-7,9-10H,2H2,1H3/t5-,6+/m0/s1. The van der Waals surface area contributed by atoms with Crippen LogP contribution in [0.2, 0.25) is 0 Å². The van der Waals surface area contributed by atoms with E-state index >= 15 is 0 Å². The van der Waals surface area contributed by atoms with Crippen LogP contribution in [0.3, 0.4) is 0 Å². The van der Waals surface area contributed by atoms with Crippen LogP contribution in [0.4, 0.5) is 0 Å². The maximum atomic E-state index is 9.80. The van der Waals surface area contributed by atoms with Crippen LogP contribution in [0.5, 0.6) is 0 Å². The van der Waals surface area contributed by atoms with Crippen LogP contribution < -0.4 is 0 Å². The third kappa shape index (κ3) is 2.70. The predicted molar refractivity (Wildman–Crippen MR) is 36.1 cm³/mol. The lowest BCUT2D eigenvalue weighted by Crippen LogP contribution is -2.31. The molecule has 0 unspecified atom stereocenters. The van der Waals surface area contributed by atoms with Crippen molar-refractivity contribution in [2.45, 2.75) is 25.6 Å². The molecule has 0 aromatic rings. The Morgan fingerprint density at radius 1 is 1.70 bits per heavy atom. The zero-order chi connectivity index (χ0) is 8.15. The molecule has 0 heterocycles. The molecule has 10 heavy (non-hydrogen) atoms. The van der Waals surface area contributed by atoms with Crippen LogP contribution in [0.15, 0.2) is 0 Å². The number of hydrogen-bond donors (Lipinski definition) is 3. The van der Waals surface area contributed by atoms with Gasteiger partial charge in [0.15, 0.2) is 0 Å². The van der Waals surface area contributed by atoms with Gasteiger partial charge in [-0.1, -0.05) is 0 Å². The van der Waals surface area contributed by atoms with E-state index in [9.17, 15) is 4.79 Å². The summed E-state index contributed by atoms with van der Waals surface area (Å²) >= 11 is 0. The third-order valence-electron chi connectivity index (χ3n) is 1.15. The van der Waals surface area contributed by atoms with Crippen molar-refractivity contribution in [3.05, 3.63) is 0 Å². The Hall–Kier alpha value is -0.740. The van der Waals surface area contributed by atoms with Gasteiger partial charge in [0, 0.05) is 12.1 Å². The minimum Gasteiger partial charge on any atom is -0.390 e. The van der Waals surface area contributed by atoms with E-state index in [2.05, 4.69) is 0 Å². The van der Waals surface area contributed by atoms with Crippen LogP contribution in [0, 0.1) is 5.41 Å². The number of rotatable bonds is 4. The molecule has 0 amide bonds. The van der Waals surface area contributed by atoms with Gasteiger partial charge in [-0.05, 0) is 6.92 Å². The second-order valence-corrected chi connectivity index (χ2v) is 2.10. The van der Waals surface area contributed by atoms with E-state index < -0.39 is 12.2 Å². The summed E-state index contributed by atoms with van der Waals surface area (Å²) < 4.78 is 0. The molecule has 0 aromatic heterocycles. The molecule has 58 valence electrons. The first kappa shape index (κ1) is 9.26. The van der Waals surface area contributed by atoms with Gasteiger partial charge in [-0.15, -0.1) is 0 Å². The highest BCUT2D eigenvalue weighted by atomic mass is 16.3. The highest BCUT2D eigenvalue weighted by Crippen LogP contribution is 1.97. The van der Waals surface area contributed by atoms with E-state index in [1.54, 1.807) is 0 Å². The van der Waals surface area contributed by atoms with E-state index in [0.29, 0.717) is 6.29 Å². The van der Waals surface area contributed by atoms with Crippen molar-refractivity contribution in [1.29, 1.82) is 5.41 Å². The van der Waals surface area contributed by atoms with Crippen LogP contribution in [-0.4, -0.2) is 34.4 Å². The lowest BCUT2D eigenvalue weighted by atomic mass is 10.1. The lowest BCUT2D eigenvalue weighted by molar-refractivity contribution is -0.110. The van der Waals surface area contributed by atoms with Crippen LogP contribution in [-0.2, 0) is 4.79 Å². The molecule has 0 aromatic carbocycles. The Morgan fingerprint density at radius 3 is 2.50 bits per heavy atom. The van der Waals surface area contributed by atoms with Crippen molar-refractivity contribution < 1.29 is 15.0 Å². The van der Waals surface area contributed by atoms with Gasteiger partial charge in [0.05, 0.1) is 6.10 Å². The minimum atomic E-state index is -1.20. The largest absolute Gasteiger partial charge is 0.390 e. The molecule has 0 aliphatic rings. The lowest BCUT2D eigenvalue weighted by Gasteiger charge is -2.13. The Kier molecular flexibility index (Phi) is 3.83. The number of aliphatic hydroxyl groups is 2. The fourth-order valence-electron chi connectivity index (χ4n) is 0.516. The minimum absolute atomic E-state index is 0.0330. The topological polar surface area (TPSA) is 81.4 Å². The molecule has 0 rings (SSSR count). The zero-order valence-corrected chi connectivity index (χ0v) is 5.74. The number of hydrogen-bond acceptors (Lipinski definition) is 4. The summed E-state index contributed by atoms with van der Waals surface area (Å²) in [7, 11) is 0. The number of aldehydes is 1. The summed E-state index contributed by atoms with van der Waals surface area (Å²) in [6.07, 6.45) is -1.95. The molecule has 0 bridgehead atoms.